The van der Waals surface area contributed by atoms with Crippen molar-refractivity contribution in [3.63, 3.8) is 0 Å². The Morgan fingerprint density at radius 2 is 1.97 bits per heavy atom. The Morgan fingerprint density at radius 1 is 1.16 bits per heavy atom. The van der Waals surface area contributed by atoms with Gasteiger partial charge in [-0.1, -0.05) is 12.1 Å². The van der Waals surface area contributed by atoms with E-state index in [4.69, 9.17) is 9.84 Å². The molecule has 2 aromatic heterocycles. The second-order valence-electron chi connectivity index (χ2n) is 8.09. The van der Waals surface area contributed by atoms with Crippen molar-refractivity contribution in [3.05, 3.63) is 29.8 Å². The summed E-state index contributed by atoms with van der Waals surface area (Å²) >= 11 is 0. The van der Waals surface area contributed by atoms with Gasteiger partial charge in [-0.05, 0) is 50.7 Å². The van der Waals surface area contributed by atoms with Crippen LogP contribution >= 0.6 is 0 Å². The maximum Gasteiger partial charge on any atom is 0.573 e. The van der Waals surface area contributed by atoms with E-state index in [0.29, 0.717) is 29.4 Å². The maximum atomic E-state index is 12.6. The van der Waals surface area contributed by atoms with Gasteiger partial charge < -0.3 is 19.9 Å². The molecular formula is C21H22F3N5O3. The van der Waals surface area contributed by atoms with Gasteiger partial charge in [0.15, 0.2) is 17.4 Å². The predicted octanol–water partition coefficient (Wildman–Crippen LogP) is 3.73. The topological polar surface area (TPSA) is 93.8 Å². The van der Waals surface area contributed by atoms with Crippen LogP contribution in [0, 0.1) is 0 Å². The van der Waals surface area contributed by atoms with Gasteiger partial charge >= 0.3 is 6.36 Å². The lowest BCUT2D eigenvalue weighted by molar-refractivity contribution is -0.274. The number of halogens is 3. The van der Waals surface area contributed by atoms with Gasteiger partial charge in [-0.15, -0.1) is 28.5 Å². The summed E-state index contributed by atoms with van der Waals surface area (Å²) < 4.78 is 49.4. The predicted molar refractivity (Wildman–Crippen MR) is 109 cm³/mol. The minimum Gasteiger partial charge on any atom is -0.489 e. The third kappa shape index (κ3) is 4.16. The van der Waals surface area contributed by atoms with E-state index in [1.54, 1.807) is 6.07 Å². The van der Waals surface area contributed by atoms with E-state index in [1.807, 2.05) is 0 Å². The summed E-state index contributed by atoms with van der Waals surface area (Å²) in [6.45, 7) is 0.541. The number of alkyl halides is 3. The largest absolute Gasteiger partial charge is 0.573 e. The van der Waals surface area contributed by atoms with Gasteiger partial charge in [0.05, 0.1) is 12.7 Å². The Balaban J connectivity index is 1.55. The van der Waals surface area contributed by atoms with Crippen molar-refractivity contribution in [2.45, 2.75) is 57.0 Å². The summed E-state index contributed by atoms with van der Waals surface area (Å²) in [5, 5.41) is 26.4. The summed E-state index contributed by atoms with van der Waals surface area (Å²) in [6, 6.07) is 5.72. The van der Waals surface area contributed by atoms with Gasteiger partial charge in [0, 0.05) is 17.2 Å². The first-order chi connectivity index (χ1) is 15.4. The van der Waals surface area contributed by atoms with Crippen molar-refractivity contribution in [2.24, 2.45) is 0 Å². The highest BCUT2D eigenvalue weighted by atomic mass is 19.4. The molecule has 32 heavy (non-hydrogen) atoms. The molecule has 2 aliphatic rings. The van der Waals surface area contributed by atoms with Crippen molar-refractivity contribution in [3.8, 4) is 22.9 Å². The Labute approximate surface area is 181 Å². The smallest absolute Gasteiger partial charge is 0.489 e. The second kappa shape index (κ2) is 8.12. The van der Waals surface area contributed by atoms with Crippen molar-refractivity contribution < 1.29 is 27.8 Å². The summed E-state index contributed by atoms with van der Waals surface area (Å²) in [5.41, 5.74) is 1.72. The zero-order chi connectivity index (χ0) is 22.3. The first kappa shape index (κ1) is 20.8. The fourth-order valence-corrected chi connectivity index (χ4v) is 4.27. The van der Waals surface area contributed by atoms with Crippen LogP contribution in [0.3, 0.4) is 0 Å². The zero-order valence-electron chi connectivity index (χ0n) is 17.1. The van der Waals surface area contributed by atoms with Crippen molar-refractivity contribution in [1.82, 2.24) is 19.8 Å². The molecule has 0 saturated heterocycles. The normalized spacial score (nSPS) is 21.1. The summed E-state index contributed by atoms with van der Waals surface area (Å²) in [6.07, 6.45) is -0.345. The highest BCUT2D eigenvalue weighted by Gasteiger charge is 2.31. The molecular weight excluding hydrogens is 427 g/mol. The van der Waals surface area contributed by atoms with Crippen molar-refractivity contribution in [2.75, 3.05) is 11.9 Å². The fraction of sp³-hybridized carbons (Fsp3) is 0.476. The summed E-state index contributed by atoms with van der Waals surface area (Å²) in [4.78, 5) is 0. The van der Waals surface area contributed by atoms with E-state index in [-0.39, 0.29) is 23.7 Å². The van der Waals surface area contributed by atoms with Crippen LogP contribution in [0.15, 0.2) is 24.3 Å². The molecule has 170 valence electrons. The van der Waals surface area contributed by atoms with Crippen LogP contribution < -0.4 is 14.8 Å². The SMILES string of the molecule is OC1CCC(Nc2nn3c(-c4cccc(OC(F)(F)F)c4)nnc3c3c2CCCO3)CC1. The van der Waals surface area contributed by atoms with Crippen molar-refractivity contribution >= 4 is 11.5 Å². The molecule has 0 atom stereocenters. The molecule has 1 aliphatic heterocycles. The van der Waals surface area contributed by atoms with Gasteiger partial charge in [-0.3, -0.25) is 0 Å². The lowest BCUT2D eigenvalue weighted by Gasteiger charge is -2.28. The highest BCUT2D eigenvalue weighted by Crippen LogP contribution is 2.36. The Bertz CT molecular complexity index is 1130. The van der Waals surface area contributed by atoms with Gasteiger partial charge in [-0.2, -0.15) is 4.52 Å². The highest BCUT2D eigenvalue weighted by molar-refractivity contribution is 5.69. The van der Waals surface area contributed by atoms with E-state index in [1.165, 1.54) is 22.7 Å². The number of aliphatic hydroxyl groups excluding tert-OH is 1. The first-order valence-corrected chi connectivity index (χ1v) is 10.6. The second-order valence-corrected chi connectivity index (χ2v) is 8.09. The number of nitrogens with one attached hydrogen (secondary N) is 1. The average molecular weight is 449 g/mol. The molecule has 1 aromatic carbocycles. The summed E-state index contributed by atoms with van der Waals surface area (Å²) in [5.74, 6) is 1.18. The summed E-state index contributed by atoms with van der Waals surface area (Å²) in [7, 11) is 0. The van der Waals surface area contributed by atoms with Gasteiger partial charge in [0.2, 0.25) is 5.65 Å². The fourth-order valence-electron chi connectivity index (χ4n) is 4.27. The number of nitrogens with zero attached hydrogens (tertiary/aromatic N) is 4. The molecule has 2 N–H and O–H groups in total. The monoisotopic (exact) mass is 449 g/mol. The lowest BCUT2D eigenvalue weighted by atomic mass is 9.93. The minimum atomic E-state index is -4.79. The number of aliphatic hydroxyl groups is 1. The third-order valence-corrected chi connectivity index (χ3v) is 5.78. The van der Waals surface area contributed by atoms with Crippen LogP contribution in [0.1, 0.15) is 37.7 Å². The number of hydrogen-bond acceptors (Lipinski definition) is 7. The minimum absolute atomic E-state index is 0.165. The maximum absolute atomic E-state index is 12.6. The van der Waals surface area contributed by atoms with Crippen LogP contribution in [0.4, 0.5) is 19.0 Å². The quantitative estimate of drug-likeness (QED) is 0.627. The number of fused-ring (bicyclic) bond motifs is 3. The molecule has 0 unspecified atom stereocenters. The zero-order valence-corrected chi connectivity index (χ0v) is 17.1. The molecule has 0 radical (unpaired) electrons. The van der Waals surface area contributed by atoms with Crippen LogP contribution in [-0.2, 0) is 6.42 Å². The number of ether oxygens (including phenoxy) is 2. The van der Waals surface area contributed by atoms with Crippen LogP contribution in [0.5, 0.6) is 11.5 Å². The number of benzene rings is 1. The number of hydrogen-bond donors (Lipinski definition) is 2. The average Bonchev–Trinajstić information content (AvgIpc) is 3.19. The van der Waals surface area contributed by atoms with E-state index >= 15 is 0 Å². The molecule has 3 aromatic rings. The number of rotatable bonds is 4. The molecule has 0 amide bonds. The molecule has 3 heterocycles. The lowest BCUT2D eigenvalue weighted by Crippen LogP contribution is -2.29. The Kier molecular flexibility index (Phi) is 5.28. The van der Waals surface area contributed by atoms with Gasteiger partial charge in [-0.25, -0.2) is 0 Å². The van der Waals surface area contributed by atoms with E-state index in [0.717, 1.165) is 44.1 Å². The van der Waals surface area contributed by atoms with E-state index in [2.05, 4.69) is 20.3 Å². The van der Waals surface area contributed by atoms with Crippen molar-refractivity contribution in [1.29, 1.82) is 0 Å². The van der Waals surface area contributed by atoms with Crippen LogP contribution in [-0.4, -0.2) is 50.0 Å². The third-order valence-electron chi connectivity index (χ3n) is 5.78. The Hall–Kier alpha value is -3.08. The van der Waals surface area contributed by atoms with Gasteiger partial charge in [0.25, 0.3) is 0 Å². The Morgan fingerprint density at radius 3 is 2.75 bits per heavy atom. The molecule has 11 heteroatoms. The van der Waals surface area contributed by atoms with Crippen LogP contribution in [0.2, 0.25) is 0 Å². The van der Waals surface area contributed by atoms with E-state index < -0.39 is 6.36 Å². The molecule has 5 rings (SSSR count). The van der Waals surface area contributed by atoms with Gasteiger partial charge in [0.1, 0.15) is 5.75 Å². The number of aromatic nitrogens is 4. The molecule has 1 saturated carbocycles. The van der Waals surface area contributed by atoms with Crippen LogP contribution in [0.25, 0.3) is 17.0 Å². The van der Waals surface area contributed by atoms with E-state index in [9.17, 15) is 18.3 Å². The molecule has 0 spiro atoms. The molecule has 0 bridgehead atoms. The molecule has 1 aliphatic carbocycles. The standard InChI is InChI=1S/C21H22F3N5O3/c22-21(23,24)32-15-4-1-3-12(11-15)19-26-27-20-17-16(5-2-10-31-17)18(28-29(19)20)25-13-6-8-14(30)9-7-13/h1,3-4,11,13-14,30H,2,5-10H2,(H,25,28). The first-order valence-electron chi connectivity index (χ1n) is 10.6. The number of anilines is 1. The molecule has 8 nitrogen and oxygen atoms in total. The molecule has 1 fully saturated rings.